The lowest BCUT2D eigenvalue weighted by molar-refractivity contribution is -0.118. The summed E-state index contributed by atoms with van der Waals surface area (Å²) in [6, 6.07) is 7.69. The molecule has 0 bridgehead atoms. The zero-order chi connectivity index (χ0) is 17.8. The van der Waals surface area contributed by atoms with Gasteiger partial charge in [0, 0.05) is 48.8 Å². The summed E-state index contributed by atoms with van der Waals surface area (Å²) in [5.41, 5.74) is 1.78. The Labute approximate surface area is 151 Å². The van der Waals surface area contributed by atoms with E-state index in [9.17, 15) is 4.79 Å². The van der Waals surface area contributed by atoms with Crippen LogP contribution in [0.4, 0.5) is 5.82 Å². The fourth-order valence-corrected chi connectivity index (χ4v) is 2.92. The van der Waals surface area contributed by atoms with Gasteiger partial charge in [-0.1, -0.05) is 0 Å². The smallest absolute Gasteiger partial charge is 0.239 e. The van der Waals surface area contributed by atoms with E-state index in [2.05, 4.69) is 25.2 Å². The van der Waals surface area contributed by atoms with E-state index in [1.54, 1.807) is 24.8 Å². The van der Waals surface area contributed by atoms with Crippen LogP contribution in [0.2, 0.25) is 0 Å². The Hall–Kier alpha value is -2.90. The van der Waals surface area contributed by atoms with Gasteiger partial charge in [-0.25, -0.2) is 4.98 Å². The number of carbonyl (C=O) groups is 1. The SMILES string of the molecule is O=C(CN1CCOCC1)Nc1cc2cc(-c3cccnc3)ncc2cn1. The van der Waals surface area contributed by atoms with Crippen LogP contribution < -0.4 is 5.32 Å². The largest absolute Gasteiger partial charge is 0.379 e. The van der Waals surface area contributed by atoms with Gasteiger partial charge in [0.05, 0.1) is 25.5 Å². The Morgan fingerprint density at radius 1 is 1.12 bits per heavy atom. The fourth-order valence-electron chi connectivity index (χ4n) is 2.92. The maximum absolute atomic E-state index is 12.3. The van der Waals surface area contributed by atoms with Gasteiger partial charge in [0.1, 0.15) is 5.82 Å². The monoisotopic (exact) mass is 349 g/mol. The number of amides is 1. The summed E-state index contributed by atoms with van der Waals surface area (Å²) in [6.07, 6.45) is 7.01. The standard InChI is InChI=1S/C19H19N5O2/c25-19(13-24-4-6-26-7-5-24)23-18-9-15-8-17(14-2-1-3-20-10-14)21-11-16(15)12-22-18/h1-3,8-12H,4-7,13H2,(H,22,23,25). The van der Waals surface area contributed by atoms with E-state index in [4.69, 9.17) is 4.74 Å². The molecule has 0 atom stereocenters. The number of carbonyl (C=O) groups excluding carboxylic acids is 1. The molecule has 1 fully saturated rings. The van der Waals surface area contributed by atoms with Gasteiger partial charge in [0.2, 0.25) is 5.91 Å². The van der Waals surface area contributed by atoms with Crippen LogP contribution in [0, 0.1) is 0 Å². The molecule has 1 aliphatic heterocycles. The molecule has 4 rings (SSSR count). The minimum Gasteiger partial charge on any atom is -0.379 e. The Bertz CT molecular complexity index is 910. The number of nitrogens with one attached hydrogen (secondary N) is 1. The van der Waals surface area contributed by atoms with Gasteiger partial charge in [-0.3, -0.25) is 19.7 Å². The molecule has 0 spiro atoms. The third-order valence-electron chi connectivity index (χ3n) is 4.30. The Morgan fingerprint density at radius 3 is 2.77 bits per heavy atom. The van der Waals surface area contributed by atoms with Crippen molar-refractivity contribution in [2.24, 2.45) is 0 Å². The van der Waals surface area contributed by atoms with Crippen LogP contribution in [0.1, 0.15) is 0 Å². The fraction of sp³-hybridized carbons (Fsp3) is 0.263. The molecule has 0 unspecified atom stereocenters. The van der Waals surface area contributed by atoms with E-state index in [0.29, 0.717) is 25.6 Å². The lowest BCUT2D eigenvalue weighted by Gasteiger charge is -2.25. The van der Waals surface area contributed by atoms with E-state index < -0.39 is 0 Å². The second-order valence-electron chi connectivity index (χ2n) is 6.16. The quantitative estimate of drug-likeness (QED) is 0.776. The van der Waals surface area contributed by atoms with Crippen molar-refractivity contribution in [1.29, 1.82) is 0 Å². The van der Waals surface area contributed by atoms with Crippen molar-refractivity contribution in [3.05, 3.63) is 49.1 Å². The highest BCUT2D eigenvalue weighted by Crippen LogP contribution is 2.22. The number of fused-ring (bicyclic) bond motifs is 1. The minimum atomic E-state index is -0.0692. The first-order valence-corrected chi connectivity index (χ1v) is 8.54. The first-order chi connectivity index (χ1) is 12.8. The summed E-state index contributed by atoms with van der Waals surface area (Å²) in [5.74, 6) is 0.472. The summed E-state index contributed by atoms with van der Waals surface area (Å²) in [7, 11) is 0. The van der Waals surface area contributed by atoms with Crippen molar-refractivity contribution in [1.82, 2.24) is 19.9 Å². The molecule has 0 aliphatic carbocycles. The zero-order valence-corrected chi connectivity index (χ0v) is 14.3. The van der Waals surface area contributed by atoms with Crippen LogP contribution in [-0.4, -0.2) is 58.6 Å². The molecule has 0 radical (unpaired) electrons. The van der Waals surface area contributed by atoms with Crippen molar-refractivity contribution in [2.45, 2.75) is 0 Å². The number of aromatic nitrogens is 3. The van der Waals surface area contributed by atoms with Gasteiger partial charge in [-0.05, 0) is 29.7 Å². The highest BCUT2D eigenvalue weighted by Gasteiger charge is 2.14. The number of hydrogen-bond acceptors (Lipinski definition) is 6. The second kappa shape index (κ2) is 7.55. The van der Waals surface area contributed by atoms with E-state index in [-0.39, 0.29) is 5.91 Å². The molecule has 1 saturated heterocycles. The molecule has 7 nitrogen and oxygen atoms in total. The van der Waals surface area contributed by atoms with Crippen LogP contribution in [0.5, 0.6) is 0 Å². The normalized spacial score (nSPS) is 15.1. The van der Waals surface area contributed by atoms with Crippen molar-refractivity contribution < 1.29 is 9.53 Å². The van der Waals surface area contributed by atoms with Gasteiger partial charge in [0.25, 0.3) is 0 Å². The molecule has 26 heavy (non-hydrogen) atoms. The summed E-state index contributed by atoms with van der Waals surface area (Å²) < 4.78 is 5.30. The van der Waals surface area contributed by atoms with Crippen LogP contribution in [-0.2, 0) is 9.53 Å². The average Bonchev–Trinajstić information content (AvgIpc) is 2.69. The number of nitrogens with zero attached hydrogens (tertiary/aromatic N) is 4. The first kappa shape index (κ1) is 16.6. The number of anilines is 1. The highest BCUT2D eigenvalue weighted by molar-refractivity contribution is 5.94. The Morgan fingerprint density at radius 2 is 1.96 bits per heavy atom. The molecule has 1 amide bonds. The second-order valence-corrected chi connectivity index (χ2v) is 6.16. The molecule has 0 saturated carbocycles. The molecule has 0 aromatic carbocycles. The van der Waals surface area contributed by atoms with Crippen LogP contribution in [0.25, 0.3) is 22.0 Å². The predicted octanol–water partition coefficient (Wildman–Crippen LogP) is 1.96. The number of morpholine rings is 1. The minimum absolute atomic E-state index is 0.0692. The maximum atomic E-state index is 12.3. The average molecular weight is 349 g/mol. The first-order valence-electron chi connectivity index (χ1n) is 8.54. The molecule has 7 heteroatoms. The summed E-state index contributed by atoms with van der Waals surface area (Å²) >= 11 is 0. The third kappa shape index (κ3) is 3.84. The molecule has 4 heterocycles. The van der Waals surface area contributed by atoms with Crippen molar-refractivity contribution in [3.8, 4) is 11.3 Å². The maximum Gasteiger partial charge on any atom is 0.239 e. The molecular formula is C19H19N5O2. The topological polar surface area (TPSA) is 80.2 Å². The predicted molar refractivity (Wildman–Crippen MR) is 98.7 cm³/mol. The Balaban J connectivity index is 1.51. The van der Waals surface area contributed by atoms with Gasteiger partial charge in [0.15, 0.2) is 0 Å². The van der Waals surface area contributed by atoms with Crippen LogP contribution in [0.15, 0.2) is 49.1 Å². The third-order valence-corrected chi connectivity index (χ3v) is 4.30. The summed E-state index contributed by atoms with van der Waals surface area (Å²) in [6.45, 7) is 3.25. The number of hydrogen-bond donors (Lipinski definition) is 1. The summed E-state index contributed by atoms with van der Waals surface area (Å²) in [5, 5.41) is 4.76. The van der Waals surface area contributed by atoms with E-state index in [0.717, 1.165) is 35.1 Å². The molecule has 3 aromatic rings. The molecule has 132 valence electrons. The van der Waals surface area contributed by atoms with E-state index in [1.165, 1.54) is 0 Å². The molecular weight excluding hydrogens is 330 g/mol. The van der Waals surface area contributed by atoms with Gasteiger partial charge in [-0.2, -0.15) is 0 Å². The van der Waals surface area contributed by atoms with Crippen molar-refractivity contribution in [3.63, 3.8) is 0 Å². The number of pyridine rings is 3. The van der Waals surface area contributed by atoms with Crippen molar-refractivity contribution >= 4 is 22.5 Å². The van der Waals surface area contributed by atoms with Gasteiger partial charge >= 0.3 is 0 Å². The lowest BCUT2D eigenvalue weighted by Crippen LogP contribution is -2.41. The van der Waals surface area contributed by atoms with Gasteiger partial charge < -0.3 is 10.1 Å². The Kier molecular flexibility index (Phi) is 4.81. The van der Waals surface area contributed by atoms with Crippen LogP contribution in [0.3, 0.4) is 0 Å². The van der Waals surface area contributed by atoms with Crippen LogP contribution >= 0.6 is 0 Å². The molecule has 1 N–H and O–H groups in total. The molecule has 1 aliphatic rings. The summed E-state index contributed by atoms with van der Waals surface area (Å²) in [4.78, 5) is 27.2. The number of ether oxygens (including phenoxy) is 1. The molecule has 3 aromatic heterocycles. The van der Waals surface area contributed by atoms with Crippen molar-refractivity contribution in [2.75, 3.05) is 38.2 Å². The zero-order valence-electron chi connectivity index (χ0n) is 14.3. The van der Waals surface area contributed by atoms with E-state index >= 15 is 0 Å². The van der Waals surface area contributed by atoms with Gasteiger partial charge in [-0.15, -0.1) is 0 Å². The highest BCUT2D eigenvalue weighted by atomic mass is 16.5. The van der Waals surface area contributed by atoms with E-state index in [1.807, 2.05) is 24.3 Å². The lowest BCUT2D eigenvalue weighted by atomic mass is 10.1. The number of rotatable bonds is 4.